The quantitative estimate of drug-likeness (QED) is 0.668. The molecular formula is C21H27N5O4S. The summed E-state index contributed by atoms with van der Waals surface area (Å²) in [5.41, 5.74) is 4.74. The average Bonchev–Trinajstić information content (AvgIpc) is 3.45. The minimum atomic E-state index is -3.54. The Balaban J connectivity index is 1.46. The summed E-state index contributed by atoms with van der Waals surface area (Å²) in [7, 11) is -3.54. The van der Waals surface area contributed by atoms with Gasteiger partial charge in [0.05, 0.1) is 25.5 Å². The van der Waals surface area contributed by atoms with E-state index in [1.54, 1.807) is 4.68 Å². The van der Waals surface area contributed by atoms with E-state index in [0.717, 1.165) is 47.9 Å². The highest BCUT2D eigenvalue weighted by molar-refractivity contribution is 7.91. The third-order valence-electron chi connectivity index (χ3n) is 6.56. The van der Waals surface area contributed by atoms with Crippen molar-refractivity contribution in [3.8, 4) is 5.88 Å². The zero-order valence-corrected chi connectivity index (χ0v) is 18.3. The average molecular weight is 446 g/mol. The SMILES string of the molecule is CCC1COc2c(S(N)(=O)=NC(=O)Nc3c4c(cc5c3CCC5O)CCC4)cnn2C1. The highest BCUT2D eigenvalue weighted by Crippen LogP contribution is 2.42. The first-order valence-electron chi connectivity index (χ1n) is 10.8. The number of aliphatic hydroxyl groups excluding tert-OH is 1. The van der Waals surface area contributed by atoms with Gasteiger partial charge in [0.1, 0.15) is 4.90 Å². The highest BCUT2D eigenvalue weighted by Gasteiger charge is 2.30. The second kappa shape index (κ2) is 7.61. The number of rotatable bonds is 3. The van der Waals surface area contributed by atoms with Crippen LogP contribution in [0, 0.1) is 5.92 Å². The van der Waals surface area contributed by atoms with Gasteiger partial charge in [0, 0.05) is 11.6 Å². The minimum Gasteiger partial charge on any atom is -0.477 e. The van der Waals surface area contributed by atoms with Crippen LogP contribution in [0.1, 0.15) is 54.5 Å². The number of fused-ring (bicyclic) bond motifs is 3. The van der Waals surface area contributed by atoms with Crippen LogP contribution >= 0.6 is 0 Å². The zero-order chi connectivity index (χ0) is 21.8. The Morgan fingerprint density at radius 3 is 3.06 bits per heavy atom. The monoisotopic (exact) mass is 445 g/mol. The van der Waals surface area contributed by atoms with E-state index in [4.69, 9.17) is 9.88 Å². The first-order valence-corrected chi connectivity index (χ1v) is 12.3. The smallest absolute Gasteiger partial charge is 0.354 e. The van der Waals surface area contributed by atoms with Crippen molar-refractivity contribution in [2.24, 2.45) is 15.4 Å². The highest BCUT2D eigenvalue weighted by atomic mass is 32.2. The van der Waals surface area contributed by atoms with E-state index in [1.807, 2.05) is 0 Å². The van der Waals surface area contributed by atoms with Gasteiger partial charge in [-0.2, -0.15) is 5.10 Å². The van der Waals surface area contributed by atoms with E-state index < -0.39 is 22.1 Å². The zero-order valence-electron chi connectivity index (χ0n) is 17.5. The molecule has 0 fully saturated rings. The molecule has 0 spiro atoms. The molecule has 5 rings (SSSR count). The van der Waals surface area contributed by atoms with Crippen molar-refractivity contribution in [1.82, 2.24) is 9.78 Å². The predicted octanol–water partition coefficient (Wildman–Crippen LogP) is 2.70. The van der Waals surface area contributed by atoms with Crippen LogP contribution in [0.2, 0.25) is 0 Å². The number of benzene rings is 1. The molecule has 2 aromatic rings. The van der Waals surface area contributed by atoms with Crippen LogP contribution in [0.5, 0.6) is 5.88 Å². The number of aromatic nitrogens is 2. The minimum absolute atomic E-state index is 0.135. The first kappa shape index (κ1) is 20.5. The fourth-order valence-electron chi connectivity index (χ4n) is 4.84. The fraction of sp³-hybridized carbons (Fsp3) is 0.524. The van der Waals surface area contributed by atoms with E-state index in [0.29, 0.717) is 43.5 Å². The predicted molar refractivity (Wildman–Crippen MR) is 115 cm³/mol. The summed E-state index contributed by atoms with van der Waals surface area (Å²) in [6.07, 6.45) is 5.89. The number of amides is 2. The molecule has 0 bridgehead atoms. The maximum Gasteiger partial charge on any atom is 0.354 e. The maximum absolute atomic E-state index is 13.2. The summed E-state index contributed by atoms with van der Waals surface area (Å²) in [5, 5.41) is 23.4. The summed E-state index contributed by atoms with van der Waals surface area (Å²) in [6, 6.07) is 1.30. The van der Waals surface area contributed by atoms with Crippen LogP contribution in [0.25, 0.3) is 0 Å². The van der Waals surface area contributed by atoms with Crippen LogP contribution in [0.4, 0.5) is 10.5 Å². The molecule has 0 saturated heterocycles. The molecule has 3 unspecified atom stereocenters. The van der Waals surface area contributed by atoms with Crippen molar-refractivity contribution in [2.45, 2.75) is 63.0 Å². The molecule has 4 N–H and O–H groups in total. The Morgan fingerprint density at radius 1 is 1.42 bits per heavy atom. The number of urea groups is 1. The topological polar surface area (TPSA) is 132 Å². The number of hydrogen-bond donors (Lipinski definition) is 3. The van der Waals surface area contributed by atoms with E-state index in [2.05, 4.69) is 27.8 Å². The van der Waals surface area contributed by atoms with Crippen LogP contribution in [0.3, 0.4) is 0 Å². The van der Waals surface area contributed by atoms with Gasteiger partial charge in [-0.1, -0.05) is 13.0 Å². The molecule has 1 aromatic carbocycles. The molecule has 2 heterocycles. The Hall–Kier alpha value is -2.43. The third kappa shape index (κ3) is 3.52. The van der Waals surface area contributed by atoms with Crippen molar-refractivity contribution in [2.75, 3.05) is 11.9 Å². The number of carbonyl (C=O) groups excluding carboxylic acids is 1. The molecule has 2 aliphatic carbocycles. The van der Waals surface area contributed by atoms with E-state index in [-0.39, 0.29) is 4.90 Å². The second-order valence-electron chi connectivity index (χ2n) is 8.54. The standard InChI is InChI=1S/C21H27N5O4S/c1-2-12-10-26-20(30-11-12)18(9-23-26)31(22,29)25-21(28)24-19-14-5-3-4-13(14)8-16-15(19)6-7-17(16)27/h8-9,12,17,27H,2-7,10-11H2,1H3,(H3,22,24,25,28,29). The number of aryl methyl sites for hydroxylation is 1. The van der Waals surface area contributed by atoms with Crippen LogP contribution in [-0.2, 0) is 35.7 Å². The number of nitrogens with two attached hydrogens (primary N) is 1. The van der Waals surface area contributed by atoms with Crippen LogP contribution in [0.15, 0.2) is 21.5 Å². The van der Waals surface area contributed by atoms with Crippen molar-refractivity contribution in [1.29, 1.82) is 0 Å². The molecule has 1 aromatic heterocycles. The van der Waals surface area contributed by atoms with Gasteiger partial charge in [-0.3, -0.25) is 0 Å². The molecule has 2 amide bonds. The van der Waals surface area contributed by atoms with Gasteiger partial charge in [-0.05, 0) is 60.8 Å². The Bertz CT molecular complexity index is 1180. The number of aliphatic hydroxyl groups is 1. The second-order valence-corrected chi connectivity index (χ2v) is 10.3. The molecule has 0 radical (unpaired) electrons. The van der Waals surface area contributed by atoms with Gasteiger partial charge in [0.2, 0.25) is 5.88 Å². The summed E-state index contributed by atoms with van der Waals surface area (Å²) in [4.78, 5) is 12.9. The fourth-order valence-corrected chi connectivity index (χ4v) is 5.85. The normalized spacial score (nSPS) is 23.3. The number of ether oxygens (including phenoxy) is 1. The largest absolute Gasteiger partial charge is 0.477 e. The summed E-state index contributed by atoms with van der Waals surface area (Å²) < 4.78 is 24.4. The molecule has 3 aliphatic rings. The van der Waals surface area contributed by atoms with Gasteiger partial charge in [0.25, 0.3) is 0 Å². The van der Waals surface area contributed by atoms with E-state index >= 15 is 0 Å². The maximum atomic E-state index is 13.2. The lowest BCUT2D eigenvalue weighted by Gasteiger charge is -2.23. The van der Waals surface area contributed by atoms with Crippen molar-refractivity contribution in [3.05, 3.63) is 34.5 Å². The molecule has 31 heavy (non-hydrogen) atoms. The molecule has 3 atom stereocenters. The number of carbonyl (C=O) groups is 1. The summed E-state index contributed by atoms with van der Waals surface area (Å²) in [6.45, 7) is 3.21. The molecule has 0 saturated carbocycles. The third-order valence-corrected chi connectivity index (χ3v) is 7.91. The molecule has 166 valence electrons. The lowest BCUT2D eigenvalue weighted by atomic mass is 9.98. The Kier molecular flexibility index (Phi) is 5.03. The molecular weight excluding hydrogens is 418 g/mol. The molecule has 9 nitrogen and oxygen atoms in total. The first-order chi connectivity index (χ1) is 14.9. The van der Waals surface area contributed by atoms with Gasteiger partial charge in [-0.15, -0.1) is 4.36 Å². The Labute approximate surface area is 181 Å². The van der Waals surface area contributed by atoms with Gasteiger partial charge < -0.3 is 15.2 Å². The van der Waals surface area contributed by atoms with Crippen molar-refractivity contribution in [3.63, 3.8) is 0 Å². The number of nitrogens with one attached hydrogen (secondary N) is 1. The Morgan fingerprint density at radius 2 is 2.26 bits per heavy atom. The number of hydrogen-bond acceptors (Lipinski definition) is 5. The lowest BCUT2D eigenvalue weighted by molar-refractivity contribution is 0.157. The summed E-state index contributed by atoms with van der Waals surface area (Å²) >= 11 is 0. The van der Waals surface area contributed by atoms with Gasteiger partial charge >= 0.3 is 6.03 Å². The van der Waals surface area contributed by atoms with Gasteiger partial charge in [-0.25, -0.2) is 18.8 Å². The van der Waals surface area contributed by atoms with E-state index in [1.165, 1.54) is 6.20 Å². The molecule has 1 aliphatic heterocycles. The van der Waals surface area contributed by atoms with Crippen molar-refractivity contribution >= 4 is 21.6 Å². The van der Waals surface area contributed by atoms with Gasteiger partial charge in [0.15, 0.2) is 9.92 Å². The number of nitrogens with zero attached hydrogens (tertiary/aromatic N) is 3. The van der Waals surface area contributed by atoms with Crippen molar-refractivity contribution < 1.29 is 18.8 Å². The number of anilines is 1. The summed E-state index contributed by atoms with van der Waals surface area (Å²) in [5.74, 6) is 0.644. The lowest BCUT2D eigenvalue weighted by Crippen LogP contribution is -2.26. The van der Waals surface area contributed by atoms with Crippen LogP contribution in [-0.4, -0.2) is 31.7 Å². The molecule has 10 heteroatoms. The van der Waals surface area contributed by atoms with E-state index in [9.17, 15) is 14.1 Å². The van der Waals surface area contributed by atoms with Crippen LogP contribution < -0.4 is 15.2 Å².